The summed E-state index contributed by atoms with van der Waals surface area (Å²) in [4.78, 5) is 22.7. The maximum absolute atomic E-state index is 11.3. The van der Waals surface area contributed by atoms with Crippen molar-refractivity contribution in [2.75, 3.05) is 31.2 Å². The van der Waals surface area contributed by atoms with Crippen molar-refractivity contribution in [3.05, 3.63) is 16.8 Å². The molecule has 8 heteroatoms. The van der Waals surface area contributed by atoms with Crippen LogP contribution in [0, 0.1) is 6.92 Å². The number of anilines is 1. The van der Waals surface area contributed by atoms with E-state index in [1.165, 1.54) is 6.33 Å². The van der Waals surface area contributed by atoms with E-state index < -0.39 is 5.97 Å². The van der Waals surface area contributed by atoms with Gasteiger partial charge in [-0.05, 0) is 12.5 Å². The Morgan fingerprint density at radius 1 is 1.57 bits per heavy atom. The summed E-state index contributed by atoms with van der Waals surface area (Å²) in [6.45, 7) is 3.42. The lowest BCUT2D eigenvalue weighted by atomic mass is 10.2. The quantitative estimate of drug-likeness (QED) is 0.869. The number of rotatable bonds is 3. The third kappa shape index (κ3) is 2.45. The number of carbonyl (C=O) groups is 1. The third-order valence-electron chi connectivity index (χ3n) is 3.54. The van der Waals surface area contributed by atoms with Gasteiger partial charge in [-0.25, -0.2) is 14.8 Å². The SMILES string of the molecule is Cc1c(C(=O)O)sc2ncnc(N3CCOC(CO)C3)c12. The molecule has 0 aromatic carbocycles. The Bertz CT molecular complexity index is 687. The normalized spacial score (nSPS) is 19.1. The first-order valence-electron chi connectivity index (χ1n) is 6.56. The number of aliphatic hydroxyl groups excluding tert-OH is 1. The highest BCUT2D eigenvalue weighted by molar-refractivity contribution is 7.20. The summed E-state index contributed by atoms with van der Waals surface area (Å²) in [5.41, 5.74) is 0.685. The number of morpholine rings is 1. The van der Waals surface area contributed by atoms with Crippen LogP contribution in [0.15, 0.2) is 6.33 Å². The molecule has 2 aromatic rings. The van der Waals surface area contributed by atoms with Gasteiger partial charge in [0.25, 0.3) is 0 Å². The molecule has 1 aliphatic rings. The molecule has 1 fully saturated rings. The Balaban J connectivity index is 2.08. The summed E-state index contributed by atoms with van der Waals surface area (Å²) in [5, 5.41) is 19.3. The summed E-state index contributed by atoms with van der Waals surface area (Å²) < 4.78 is 5.44. The average molecular weight is 309 g/mol. The predicted molar refractivity (Wildman–Crippen MR) is 78.2 cm³/mol. The van der Waals surface area contributed by atoms with E-state index >= 15 is 0 Å². The number of aromatic carboxylic acids is 1. The molecule has 112 valence electrons. The second-order valence-electron chi connectivity index (χ2n) is 4.86. The Hall–Kier alpha value is -1.77. The predicted octanol–water partition coefficient (Wildman–Crippen LogP) is 0.895. The molecule has 0 amide bonds. The number of ether oxygens (including phenoxy) is 1. The highest BCUT2D eigenvalue weighted by Gasteiger charge is 2.25. The highest BCUT2D eigenvalue weighted by Crippen LogP contribution is 2.35. The molecule has 2 N–H and O–H groups in total. The average Bonchev–Trinajstić information content (AvgIpc) is 2.85. The smallest absolute Gasteiger partial charge is 0.346 e. The van der Waals surface area contributed by atoms with E-state index in [-0.39, 0.29) is 12.7 Å². The van der Waals surface area contributed by atoms with Crippen LogP contribution in [-0.4, -0.2) is 58.6 Å². The van der Waals surface area contributed by atoms with Gasteiger partial charge in [0.2, 0.25) is 0 Å². The van der Waals surface area contributed by atoms with Crippen molar-refractivity contribution in [3.63, 3.8) is 0 Å². The Labute approximate surface area is 124 Å². The van der Waals surface area contributed by atoms with Crippen LogP contribution in [0.5, 0.6) is 0 Å². The number of aliphatic hydroxyl groups is 1. The zero-order valence-corrected chi connectivity index (χ0v) is 12.3. The van der Waals surface area contributed by atoms with Gasteiger partial charge in [-0.2, -0.15) is 0 Å². The van der Waals surface area contributed by atoms with Crippen LogP contribution >= 0.6 is 11.3 Å². The number of aryl methyl sites for hydroxylation is 1. The molecule has 0 spiro atoms. The van der Waals surface area contributed by atoms with Crippen molar-refractivity contribution >= 4 is 33.3 Å². The molecule has 21 heavy (non-hydrogen) atoms. The van der Waals surface area contributed by atoms with Crippen molar-refractivity contribution in [3.8, 4) is 0 Å². The van der Waals surface area contributed by atoms with Gasteiger partial charge >= 0.3 is 5.97 Å². The van der Waals surface area contributed by atoms with Crippen molar-refractivity contribution in [1.29, 1.82) is 0 Å². The van der Waals surface area contributed by atoms with Crippen LogP contribution in [0.1, 0.15) is 15.2 Å². The fraction of sp³-hybridized carbons (Fsp3) is 0.462. The van der Waals surface area contributed by atoms with Crippen LogP contribution in [0.3, 0.4) is 0 Å². The molecule has 0 saturated carbocycles. The second-order valence-corrected chi connectivity index (χ2v) is 5.86. The fourth-order valence-corrected chi connectivity index (χ4v) is 3.50. The minimum Gasteiger partial charge on any atom is -0.477 e. The Morgan fingerprint density at radius 2 is 2.38 bits per heavy atom. The van der Waals surface area contributed by atoms with Crippen molar-refractivity contribution in [2.24, 2.45) is 0 Å². The molecule has 0 aliphatic carbocycles. The van der Waals surface area contributed by atoms with Crippen molar-refractivity contribution < 1.29 is 19.7 Å². The Morgan fingerprint density at radius 3 is 3.10 bits per heavy atom. The van der Waals surface area contributed by atoms with E-state index in [9.17, 15) is 15.0 Å². The number of hydrogen-bond donors (Lipinski definition) is 2. The first-order valence-corrected chi connectivity index (χ1v) is 7.38. The molecule has 7 nitrogen and oxygen atoms in total. The van der Waals surface area contributed by atoms with E-state index in [4.69, 9.17) is 4.74 Å². The minimum atomic E-state index is -0.948. The summed E-state index contributed by atoms with van der Waals surface area (Å²) in [6, 6.07) is 0. The van der Waals surface area contributed by atoms with Gasteiger partial charge in [0.15, 0.2) is 0 Å². The monoisotopic (exact) mass is 309 g/mol. The minimum absolute atomic E-state index is 0.0479. The lowest BCUT2D eigenvalue weighted by molar-refractivity contribution is 0.00343. The number of thiophene rings is 1. The van der Waals surface area contributed by atoms with Gasteiger partial charge in [0, 0.05) is 13.1 Å². The molecule has 2 aromatic heterocycles. The van der Waals surface area contributed by atoms with Gasteiger partial charge < -0.3 is 19.8 Å². The lowest BCUT2D eigenvalue weighted by Crippen LogP contribution is -2.44. The first kappa shape index (κ1) is 14.2. The number of aromatic nitrogens is 2. The van der Waals surface area contributed by atoms with E-state index in [0.717, 1.165) is 16.7 Å². The van der Waals surface area contributed by atoms with E-state index in [1.54, 1.807) is 6.92 Å². The lowest BCUT2D eigenvalue weighted by Gasteiger charge is -2.33. The summed E-state index contributed by atoms with van der Waals surface area (Å²) in [5.74, 6) is -0.236. The number of carboxylic acids is 1. The maximum atomic E-state index is 11.3. The second kappa shape index (κ2) is 5.55. The molecular formula is C13H15N3O4S. The highest BCUT2D eigenvalue weighted by atomic mass is 32.1. The van der Waals surface area contributed by atoms with Gasteiger partial charge in [-0.3, -0.25) is 0 Å². The molecule has 0 bridgehead atoms. The third-order valence-corrected chi connectivity index (χ3v) is 4.73. The van der Waals surface area contributed by atoms with Crippen LogP contribution in [0.25, 0.3) is 10.2 Å². The zero-order chi connectivity index (χ0) is 15.0. The molecule has 1 saturated heterocycles. The van der Waals surface area contributed by atoms with E-state index in [2.05, 4.69) is 9.97 Å². The first-order chi connectivity index (χ1) is 10.1. The van der Waals surface area contributed by atoms with Crippen LogP contribution in [0.2, 0.25) is 0 Å². The van der Waals surface area contributed by atoms with E-state index in [1.807, 2.05) is 4.90 Å². The molecule has 1 unspecified atom stereocenters. The molecular weight excluding hydrogens is 294 g/mol. The van der Waals surface area contributed by atoms with Gasteiger partial charge in [-0.1, -0.05) is 0 Å². The maximum Gasteiger partial charge on any atom is 0.346 e. The molecule has 1 aliphatic heterocycles. The van der Waals surface area contributed by atoms with Gasteiger partial charge in [-0.15, -0.1) is 11.3 Å². The molecule has 0 radical (unpaired) electrons. The standard InChI is InChI=1S/C13H15N3O4S/c1-7-9-11(16-2-3-20-8(4-16)5-17)14-6-15-12(9)21-10(7)13(18)19/h6,8,17H,2-5H2,1H3,(H,18,19). The Kier molecular flexibility index (Phi) is 3.75. The summed E-state index contributed by atoms with van der Waals surface area (Å²) in [6.07, 6.45) is 1.20. The summed E-state index contributed by atoms with van der Waals surface area (Å²) in [7, 11) is 0. The number of carboxylic acid groups (broad SMARTS) is 1. The van der Waals surface area contributed by atoms with Gasteiger partial charge in [0.05, 0.1) is 24.7 Å². The van der Waals surface area contributed by atoms with Crippen LogP contribution in [0.4, 0.5) is 5.82 Å². The van der Waals surface area contributed by atoms with Crippen LogP contribution < -0.4 is 4.90 Å². The molecule has 3 heterocycles. The number of fused-ring (bicyclic) bond motifs is 1. The summed E-state index contributed by atoms with van der Waals surface area (Å²) >= 11 is 1.16. The van der Waals surface area contributed by atoms with Crippen LogP contribution in [-0.2, 0) is 4.74 Å². The van der Waals surface area contributed by atoms with Crippen molar-refractivity contribution in [2.45, 2.75) is 13.0 Å². The number of nitrogens with zero attached hydrogens (tertiary/aromatic N) is 3. The fourth-order valence-electron chi connectivity index (χ4n) is 2.52. The molecule has 3 rings (SSSR count). The van der Waals surface area contributed by atoms with Gasteiger partial charge in [0.1, 0.15) is 21.9 Å². The number of hydrogen-bond acceptors (Lipinski definition) is 7. The zero-order valence-electron chi connectivity index (χ0n) is 11.4. The molecule has 1 atom stereocenters. The topological polar surface area (TPSA) is 95.8 Å². The van der Waals surface area contributed by atoms with E-state index in [0.29, 0.717) is 40.8 Å². The largest absolute Gasteiger partial charge is 0.477 e. The van der Waals surface area contributed by atoms with Crippen molar-refractivity contribution in [1.82, 2.24) is 9.97 Å².